The third kappa shape index (κ3) is 5.58. The van der Waals surface area contributed by atoms with Gasteiger partial charge in [0.25, 0.3) is 5.91 Å². The highest BCUT2D eigenvalue weighted by molar-refractivity contribution is 6.31. The summed E-state index contributed by atoms with van der Waals surface area (Å²) in [5.74, 6) is 0.229. The van der Waals surface area contributed by atoms with Crippen molar-refractivity contribution in [3.63, 3.8) is 0 Å². The Morgan fingerprint density at radius 1 is 1.13 bits per heavy atom. The van der Waals surface area contributed by atoms with E-state index in [4.69, 9.17) is 27.9 Å². The van der Waals surface area contributed by atoms with Gasteiger partial charge in [0, 0.05) is 10.0 Å². The average Bonchev–Trinajstić information content (AvgIpc) is 2.55. The van der Waals surface area contributed by atoms with Gasteiger partial charge >= 0.3 is 0 Å². The Balaban J connectivity index is 1.92. The van der Waals surface area contributed by atoms with Crippen LogP contribution in [-0.2, 0) is 4.79 Å². The van der Waals surface area contributed by atoms with E-state index >= 15 is 0 Å². The largest absolute Gasteiger partial charge is 0.484 e. The van der Waals surface area contributed by atoms with Crippen LogP contribution in [0.4, 0.5) is 0 Å². The van der Waals surface area contributed by atoms with E-state index in [9.17, 15) is 4.79 Å². The maximum Gasteiger partial charge on any atom is 0.277 e. The van der Waals surface area contributed by atoms with Gasteiger partial charge < -0.3 is 4.74 Å². The molecule has 0 saturated heterocycles. The number of nitrogens with zero attached hydrogens (tertiary/aromatic N) is 1. The molecule has 0 aliphatic carbocycles. The van der Waals surface area contributed by atoms with Gasteiger partial charge in [0.05, 0.1) is 5.71 Å². The van der Waals surface area contributed by atoms with Gasteiger partial charge in [-0.1, -0.05) is 42.3 Å². The first-order valence-electron chi connectivity index (χ1n) is 7.08. The SMILES string of the molecule is CCC(=NNC(=O)COc1ccc(Cl)cc1)c1cccc(Cl)c1. The smallest absolute Gasteiger partial charge is 0.277 e. The lowest BCUT2D eigenvalue weighted by Gasteiger charge is -2.07. The molecule has 0 saturated carbocycles. The number of ether oxygens (including phenoxy) is 1. The second-order valence-electron chi connectivity index (χ2n) is 4.70. The zero-order valence-corrected chi connectivity index (χ0v) is 14.1. The number of hydrazone groups is 1. The highest BCUT2D eigenvalue weighted by atomic mass is 35.5. The van der Waals surface area contributed by atoms with Crippen LogP contribution in [-0.4, -0.2) is 18.2 Å². The topological polar surface area (TPSA) is 50.7 Å². The third-order valence-corrected chi connectivity index (χ3v) is 3.48. The summed E-state index contributed by atoms with van der Waals surface area (Å²) in [6.07, 6.45) is 0.665. The summed E-state index contributed by atoms with van der Waals surface area (Å²) in [6.45, 7) is 1.83. The Bertz CT molecular complexity index is 700. The summed E-state index contributed by atoms with van der Waals surface area (Å²) in [6, 6.07) is 14.1. The lowest BCUT2D eigenvalue weighted by atomic mass is 10.1. The first kappa shape index (κ1) is 17.3. The fraction of sp³-hybridized carbons (Fsp3) is 0.176. The van der Waals surface area contributed by atoms with Crippen molar-refractivity contribution in [3.05, 3.63) is 64.1 Å². The van der Waals surface area contributed by atoms with Gasteiger partial charge in [-0.25, -0.2) is 5.43 Å². The molecule has 0 radical (unpaired) electrons. The molecule has 0 bridgehead atoms. The van der Waals surface area contributed by atoms with Crippen LogP contribution in [0, 0.1) is 0 Å². The summed E-state index contributed by atoms with van der Waals surface area (Å²) < 4.78 is 5.35. The number of benzene rings is 2. The van der Waals surface area contributed by atoms with Crippen molar-refractivity contribution in [2.75, 3.05) is 6.61 Å². The molecule has 0 heterocycles. The van der Waals surface area contributed by atoms with Crippen LogP contribution < -0.4 is 10.2 Å². The first-order valence-corrected chi connectivity index (χ1v) is 7.83. The van der Waals surface area contributed by atoms with Crippen molar-refractivity contribution in [2.45, 2.75) is 13.3 Å². The van der Waals surface area contributed by atoms with E-state index in [1.807, 2.05) is 19.1 Å². The molecule has 2 aromatic carbocycles. The minimum Gasteiger partial charge on any atom is -0.484 e. The van der Waals surface area contributed by atoms with Crippen LogP contribution in [0.3, 0.4) is 0 Å². The minimum absolute atomic E-state index is 0.127. The van der Waals surface area contributed by atoms with Gasteiger partial charge in [0.15, 0.2) is 6.61 Å². The van der Waals surface area contributed by atoms with E-state index in [0.717, 1.165) is 11.3 Å². The zero-order valence-electron chi connectivity index (χ0n) is 12.6. The monoisotopic (exact) mass is 350 g/mol. The van der Waals surface area contributed by atoms with Crippen molar-refractivity contribution in [2.24, 2.45) is 5.10 Å². The summed E-state index contributed by atoms with van der Waals surface area (Å²) in [7, 11) is 0. The lowest BCUT2D eigenvalue weighted by molar-refractivity contribution is -0.123. The van der Waals surface area contributed by atoms with Crippen molar-refractivity contribution in [1.29, 1.82) is 0 Å². The van der Waals surface area contributed by atoms with Gasteiger partial charge in [-0.05, 0) is 48.4 Å². The predicted molar refractivity (Wildman–Crippen MR) is 93.4 cm³/mol. The molecule has 120 valence electrons. The molecule has 0 atom stereocenters. The van der Waals surface area contributed by atoms with Crippen LogP contribution in [0.1, 0.15) is 18.9 Å². The van der Waals surface area contributed by atoms with E-state index < -0.39 is 0 Å². The summed E-state index contributed by atoms with van der Waals surface area (Å²) in [4.78, 5) is 11.8. The minimum atomic E-state index is -0.340. The van der Waals surface area contributed by atoms with E-state index in [-0.39, 0.29) is 12.5 Å². The van der Waals surface area contributed by atoms with Gasteiger partial charge in [-0.3, -0.25) is 4.79 Å². The second kappa shape index (κ2) is 8.56. The maximum atomic E-state index is 11.8. The van der Waals surface area contributed by atoms with E-state index in [2.05, 4.69) is 10.5 Å². The van der Waals surface area contributed by atoms with Crippen LogP contribution in [0.25, 0.3) is 0 Å². The Morgan fingerprint density at radius 2 is 1.87 bits per heavy atom. The summed E-state index contributed by atoms with van der Waals surface area (Å²) >= 11 is 11.7. The van der Waals surface area contributed by atoms with Crippen LogP contribution >= 0.6 is 23.2 Å². The molecule has 0 aliphatic rings. The Morgan fingerprint density at radius 3 is 2.52 bits per heavy atom. The molecule has 23 heavy (non-hydrogen) atoms. The van der Waals surface area contributed by atoms with Crippen molar-refractivity contribution >= 4 is 34.8 Å². The second-order valence-corrected chi connectivity index (χ2v) is 5.57. The van der Waals surface area contributed by atoms with Gasteiger partial charge in [0.2, 0.25) is 0 Å². The maximum absolute atomic E-state index is 11.8. The molecule has 2 aromatic rings. The molecule has 0 spiro atoms. The zero-order chi connectivity index (χ0) is 16.7. The first-order chi connectivity index (χ1) is 11.1. The van der Waals surface area contributed by atoms with Gasteiger partial charge in [-0.15, -0.1) is 0 Å². The number of rotatable bonds is 6. The average molecular weight is 351 g/mol. The van der Waals surface area contributed by atoms with E-state index in [0.29, 0.717) is 22.2 Å². The van der Waals surface area contributed by atoms with E-state index in [1.54, 1.807) is 36.4 Å². The molecule has 4 nitrogen and oxygen atoms in total. The number of amides is 1. The van der Waals surface area contributed by atoms with Crippen molar-refractivity contribution in [1.82, 2.24) is 5.43 Å². The van der Waals surface area contributed by atoms with Crippen LogP contribution in [0.2, 0.25) is 10.0 Å². The standard InChI is InChI=1S/C17H16Cl2N2O2/c1-2-16(12-4-3-5-14(19)10-12)20-21-17(22)11-23-15-8-6-13(18)7-9-15/h3-10H,2,11H2,1H3,(H,21,22). The molecule has 6 heteroatoms. The summed E-state index contributed by atoms with van der Waals surface area (Å²) in [5.41, 5.74) is 4.11. The highest BCUT2D eigenvalue weighted by Gasteiger charge is 2.05. The fourth-order valence-corrected chi connectivity index (χ4v) is 2.17. The number of hydrogen-bond donors (Lipinski definition) is 1. The molecular formula is C17H16Cl2N2O2. The molecule has 1 N–H and O–H groups in total. The Labute approximate surface area is 145 Å². The molecule has 0 unspecified atom stereocenters. The lowest BCUT2D eigenvalue weighted by Crippen LogP contribution is -2.26. The van der Waals surface area contributed by atoms with Crippen LogP contribution in [0.15, 0.2) is 53.6 Å². The van der Waals surface area contributed by atoms with Crippen molar-refractivity contribution in [3.8, 4) is 5.75 Å². The number of halogens is 2. The van der Waals surface area contributed by atoms with E-state index in [1.165, 1.54) is 0 Å². The number of nitrogens with one attached hydrogen (secondary N) is 1. The molecule has 2 rings (SSSR count). The summed E-state index contributed by atoms with van der Waals surface area (Å²) in [5, 5.41) is 5.37. The highest BCUT2D eigenvalue weighted by Crippen LogP contribution is 2.15. The normalized spacial score (nSPS) is 11.2. The molecule has 0 fully saturated rings. The quantitative estimate of drug-likeness (QED) is 0.623. The van der Waals surface area contributed by atoms with Gasteiger partial charge in [0.1, 0.15) is 5.75 Å². The Hall–Kier alpha value is -2.04. The molecule has 0 aromatic heterocycles. The fourth-order valence-electron chi connectivity index (χ4n) is 1.86. The number of carbonyl (C=O) groups is 1. The molecule has 1 amide bonds. The van der Waals surface area contributed by atoms with Gasteiger partial charge in [-0.2, -0.15) is 5.10 Å². The molecule has 0 aliphatic heterocycles. The van der Waals surface area contributed by atoms with Crippen LogP contribution in [0.5, 0.6) is 5.75 Å². The predicted octanol–water partition coefficient (Wildman–Crippen LogP) is 4.30. The van der Waals surface area contributed by atoms with Crippen molar-refractivity contribution < 1.29 is 9.53 Å². The molecular weight excluding hydrogens is 335 g/mol. The Kier molecular flexibility index (Phi) is 6.44. The number of carbonyl (C=O) groups excluding carboxylic acids is 1. The third-order valence-electron chi connectivity index (χ3n) is 2.99. The number of hydrogen-bond acceptors (Lipinski definition) is 3.